The fourth-order valence-electron chi connectivity index (χ4n) is 6.22. The van der Waals surface area contributed by atoms with Gasteiger partial charge in [0.15, 0.2) is 5.78 Å². The Kier molecular flexibility index (Phi) is 12.1. The molecule has 0 aliphatic carbocycles. The predicted octanol–water partition coefficient (Wildman–Crippen LogP) is 13.9. The van der Waals surface area contributed by atoms with E-state index in [-0.39, 0.29) is 47.9 Å². The molecule has 263 valence electrons. The van der Waals surface area contributed by atoms with E-state index in [1.807, 2.05) is 81.7 Å². The Morgan fingerprint density at radius 3 is 2.06 bits per heavy atom. The van der Waals surface area contributed by atoms with E-state index >= 15 is 0 Å². The van der Waals surface area contributed by atoms with Gasteiger partial charge < -0.3 is 5.11 Å². The molecule has 0 aliphatic rings. The van der Waals surface area contributed by atoms with Crippen LogP contribution < -0.4 is 0 Å². The number of ketones is 1. The molecule has 3 nitrogen and oxygen atoms in total. The second kappa shape index (κ2) is 15.1. The van der Waals surface area contributed by atoms with Gasteiger partial charge in [-0.15, -0.1) is 46.3 Å². The molecule has 0 bridgehead atoms. The molecule has 0 atom stereocenters. The molecule has 2 aromatic carbocycles. The first kappa shape index (κ1) is 39.4. The largest absolute Gasteiger partial charge is 0.512 e. The molecule has 6 aromatic rings. The number of carbonyl (C=O) groups is 1. The summed E-state index contributed by atoms with van der Waals surface area (Å²) in [5.41, 5.74) is 4.40. The number of pyridine rings is 1. The van der Waals surface area contributed by atoms with E-state index in [0.717, 1.165) is 36.9 Å². The SMILES string of the molecule is CCC(C)(CC)C(=O)/C=C(\O)C(C)(CC)CC.Cc1sc2ccc3sc4c(-c5[c-]c6ccsc6c(C(C)(C)C)c5)nccc4c3c2c1C.[Ir]. The number of carbonyl (C=O) groups excluding carboxylic acids is 1. The van der Waals surface area contributed by atoms with E-state index in [0.29, 0.717) is 0 Å². The molecule has 6 rings (SSSR count). The molecule has 4 heterocycles. The second-order valence-corrected chi connectivity index (χ2v) is 17.9. The summed E-state index contributed by atoms with van der Waals surface area (Å²) >= 11 is 5.57. The van der Waals surface area contributed by atoms with Gasteiger partial charge in [-0.25, -0.2) is 0 Å². The fraction of sp³-hybridized carbons (Fsp3) is 0.429. The maximum atomic E-state index is 12.2. The van der Waals surface area contributed by atoms with E-state index in [4.69, 9.17) is 4.98 Å². The van der Waals surface area contributed by atoms with Crippen LogP contribution in [0.15, 0.2) is 53.7 Å². The first-order valence-electron chi connectivity index (χ1n) is 17.2. The normalized spacial score (nSPS) is 12.8. The average Bonchev–Trinajstić information content (AvgIpc) is 3.78. The number of hydrogen-bond acceptors (Lipinski definition) is 6. The van der Waals surface area contributed by atoms with E-state index in [1.54, 1.807) is 0 Å². The number of allylic oxidation sites excluding steroid dienone is 2. The summed E-state index contributed by atoms with van der Waals surface area (Å²) < 4.78 is 5.32. The van der Waals surface area contributed by atoms with Gasteiger partial charge in [-0.1, -0.05) is 73.4 Å². The van der Waals surface area contributed by atoms with Crippen molar-refractivity contribution in [2.75, 3.05) is 0 Å². The molecule has 0 fully saturated rings. The Morgan fingerprint density at radius 2 is 1.47 bits per heavy atom. The number of thiophene rings is 3. The Balaban J connectivity index is 0.000000260. The molecule has 0 saturated carbocycles. The summed E-state index contributed by atoms with van der Waals surface area (Å²) in [6.07, 6.45) is 6.73. The van der Waals surface area contributed by atoms with Gasteiger partial charge in [0, 0.05) is 78.7 Å². The second-order valence-electron chi connectivity index (χ2n) is 14.7. The molecule has 0 saturated heterocycles. The zero-order valence-corrected chi connectivity index (χ0v) is 35.7. The predicted molar refractivity (Wildman–Crippen MR) is 213 cm³/mol. The Hall–Kier alpha value is -2.41. The summed E-state index contributed by atoms with van der Waals surface area (Å²) in [4.78, 5) is 18.5. The smallest absolute Gasteiger partial charge is 0.164 e. The first-order chi connectivity index (χ1) is 22.6. The number of benzene rings is 2. The zero-order chi connectivity index (χ0) is 35.2. The third-order valence-corrected chi connectivity index (χ3v) is 14.1. The number of aliphatic hydroxyl groups is 1. The van der Waals surface area contributed by atoms with Gasteiger partial charge in [-0.05, 0) is 84.2 Å². The Bertz CT molecular complexity index is 2150. The maximum absolute atomic E-state index is 12.2. The van der Waals surface area contributed by atoms with Crippen LogP contribution in [0, 0.1) is 30.7 Å². The quantitative estimate of drug-likeness (QED) is 0.0941. The van der Waals surface area contributed by atoms with Crippen molar-refractivity contribution in [1.29, 1.82) is 0 Å². The van der Waals surface area contributed by atoms with Crippen molar-refractivity contribution < 1.29 is 30.0 Å². The van der Waals surface area contributed by atoms with Crippen molar-refractivity contribution in [2.45, 2.75) is 107 Å². The molecule has 0 spiro atoms. The third-order valence-electron chi connectivity index (χ3n) is 10.8. The van der Waals surface area contributed by atoms with Crippen LogP contribution in [0.3, 0.4) is 0 Å². The van der Waals surface area contributed by atoms with Gasteiger partial charge in [0.25, 0.3) is 0 Å². The minimum Gasteiger partial charge on any atom is -0.512 e. The number of aliphatic hydroxyl groups excluding tert-OH is 1. The van der Waals surface area contributed by atoms with Gasteiger partial charge >= 0.3 is 0 Å². The molecular weight excluding hydrogens is 839 g/mol. The number of aryl methyl sites for hydroxylation is 2. The maximum Gasteiger partial charge on any atom is 0.164 e. The minimum atomic E-state index is -0.337. The van der Waals surface area contributed by atoms with Gasteiger partial charge in [0.05, 0.1) is 0 Å². The molecule has 4 aromatic heterocycles. The monoisotopic (exact) mass is 889 g/mol. The molecule has 0 amide bonds. The molecule has 0 unspecified atom stereocenters. The van der Waals surface area contributed by atoms with Crippen LogP contribution in [-0.4, -0.2) is 15.9 Å². The average molecular weight is 889 g/mol. The third kappa shape index (κ3) is 7.35. The number of aromatic nitrogens is 1. The van der Waals surface area contributed by atoms with E-state index < -0.39 is 0 Å². The summed E-state index contributed by atoms with van der Waals surface area (Å²) in [6, 6.07) is 14.9. The summed E-state index contributed by atoms with van der Waals surface area (Å²) in [6.45, 7) is 23.4. The van der Waals surface area contributed by atoms with Crippen molar-refractivity contribution >= 4 is 80.1 Å². The van der Waals surface area contributed by atoms with Crippen molar-refractivity contribution in [1.82, 2.24) is 4.98 Å². The van der Waals surface area contributed by atoms with Gasteiger partial charge in [-0.2, -0.15) is 11.3 Å². The van der Waals surface area contributed by atoms with Gasteiger partial charge in [0.1, 0.15) is 5.76 Å². The Labute approximate surface area is 318 Å². The number of nitrogens with zero attached hydrogens (tertiary/aromatic N) is 1. The van der Waals surface area contributed by atoms with E-state index in [1.165, 1.54) is 62.4 Å². The van der Waals surface area contributed by atoms with Crippen molar-refractivity contribution in [3.8, 4) is 11.3 Å². The van der Waals surface area contributed by atoms with Crippen molar-refractivity contribution in [3.05, 3.63) is 75.8 Å². The standard InChI is InChI=1S/C27H22NS3.C15H28O2.Ir/c1-14-15(2)30-20-6-7-21-23(22(14)20)18-8-10-28-24(26(18)31-21)17-12-16-9-11-29-25(16)19(13-17)27(3,4)5;1-7-14(5,8-2)12(16)11-13(17)15(6,9-3)10-4;/h6-11,13H,1-5H3;11,16H,7-10H2,1-6H3;/q-1;;/b;12-11-;. The van der Waals surface area contributed by atoms with E-state index in [9.17, 15) is 9.90 Å². The fourth-order valence-corrected chi connectivity index (χ4v) is 9.58. The van der Waals surface area contributed by atoms with Gasteiger partial charge in [-0.3, -0.25) is 9.78 Å². The summed E-state index contributed by atoms with van der Waals surface area (Å²) in [7, 11) is 0. The number of hydrogen-bond donors (Lipinski definition) is 1. The molecule has 0 aliphatic heterocycles. The van der Waals surface area contributed by atoms with Crippen LogP contribution >= 0.6 is 34.0 Å². The van der Waals surface area contributed by atoms with Crippen LogP contribution in [0.2, 0.25) is 0 Å². The number of fused-ring (bicyclic) bond motifs is 6. The molecule has 1 N–H and O–H groups in total. The first-order valence-corrected chi connectivity index (χ1v) is 19.7. The van der Waals surface area contributed by atoms with Crippen LogP contribution in [0.4, 0.5) is 0 Å². The van der Waals surface area contributed by atoms with E-state index in [2.05, 4.69) is 76.4 Å². The Morgan fingerprint density at radius 1 is 0.857 bits per heavy atom. The molecule has 1 radical (unpaired) electrons. The molecule has 49 heavy (non-hydrogen) atoms. The van der Waals surface area contributed by atoms with Crippen LogP contribution in [0.25, 0.3) is 51.6 Å². The topological polar surface area (TPSA) is 50.2 Å². The summed E-state index contributed by atoms with van der Waals surface area (Å²) in [5, 5.41) is 17.6. The van der Waals surface area contributed by atoms with Crippen LogP contribution in [-0.2, 0) is 30.3 Å². The summed E-state index contributed by atoms with van der Waals surface area (Å²) in [5.74, 6) is 0.286. The van der Waals surface area contributed by atoms with Crippen molar-refractivity contribution in [2.24, 2.45) is 10.8 Å². The molecular formula is C42H50IrNO2S3-. The zero-order valence-electron chi connectivity index (χ0n) is 30.8. The van der Waals surface area contributed by atoms with Crippen molar-refractivity contribution in [3.63, 3.8) is 0 Å². The number of rotatable bonds is 8. The van der Waals surface area contributed by atoms with Crippen LogP contribution in [0.5, 0.6) is 0 Å². The molecule has 7 heteroatoms. The van der Waals surface area contributed by atoms with Gasteiger partial charge in [0.2, 0.25) is 0 Å². The minimum absolute atomic E-state index is 0. The van der Waals surface area contributed by atoms with Crippen LogP contribution in [0.1, 0.15) is 104 Å².